The van der Waals surface area contributed by atoms with Crippen molar-refractivity contribution in [3.63, 3.8) is 0 Å². The van der Waals surface area contributed by atoms with Gasteiger partial charge in [-0.2, -0.15) is 0 Å². The van der Waals surface area contributed by atoms with Crippen LogP contribution < -0.4 is 10.6 Å². The zero-order valence-corrected chi connectivity index (χ0v) is 26.8. The smallest absolute Gasteiger partial charge is 0.307 e. The molecule has 2 amide bonds. The van der Waals surface area contributed by atoms with E-state index < -0.39 is 47.8 Å². The van der Waals surface area contributed by atoms with Gasteiger partial charge in [0.25, 0.3) is 0 Å². The second-order valence-corrected chi connectivity index (χ2v) is 14.8. The summed E-state index contributed by atoms with van der Waals surface area (Å²) < 4.78 is 12.5. The highest BCUT2D eigenvalue weighted by atomic mass is 16.5. The Morgan fingerprint density at radius 3 is 1.27 bits per heavy atom. The van der Waals surface area contributed by atoms with Gasteiger partial charge >= 0.3 is 11.9 Å². The molecule has 45 heavy (non-hydrogen) atoms. The zero-order chi connectivity index (χ0) is 32.7. The van der Waals surface area contributed by atoms with Crippen LogP contribution in [0.4, 0.5) is 0 Å². The Bertz CT molecular complexity index is 943. The summed E-state index contributed by atoms with van der Waals surface area (Å²) in [6.07, 6.45) is 7.18. The third-order valence-corrected chi connectivity index (χ3v) is 10.4. The van der Waals surface area contributed by atoms with Crippen LogP contribution in [0, 0.1) is 29.1 Å². The predicted molar refractivity (Wildman–Crippen MR) is 163 cm³/mol. The number of nitrogens with one attached hydrogen (secondary N) is 2. The molecule has 0 radical (unpaired) electrons. The summed E-state index contributed by atoms with van der Waals surface area (Å²) in [7, 11) is 0. The Morgan fingerprint density at radius 2 is 0.933 bits per heavy atom. The van der Waals surface area contributed by atoms with E-state index >= 15 is 0 Å². The molecule has 6 N–H and O–H groups in total. The van der Waals surface area contributed by atoms with Crippen molar-refractivity contribution < 1.29 is 49.1 Å². The predicted octanol–water partition coefficient (Wildman–Crippen LogP) is 2.62. The Morgan fingerprint density at radius 1 is 0.578 bits per heavy atom. The minimum absolute atomic E-state index is 0.00376. The van der Waals surface area contributed by atoms with E-state index in [4.69, 9.17) is 9.47 Å². The summed E-state index contributed by atoms with van der Waals surface area (Å²) in [5, 5.41) is 44.8. The van der Waals surface area contributed by atoms with Gasteiger partial charge < -0.3 is 40.5 Å². The standard InChI is InChI=1S/C33H54N2O10/c1-33(2,17-44-23-9-3-19(4-10-23)34-29(38)25-13-7-21(36)15-27(25)31(40)41)18-45-24-11-5-20(6-12-24)35-30(39)26-14-8-22(37)16-28(26)32(42)43/h19-28,36-37H,3-18H2,1-2H3,(H,34,38)(H,35,39)(H,40,41)(H,42,43). The molecule has 0 aromatic carbocycles. The molecule has 0 bridgehead atoms. The minimum atomic E-state index is -1.02. The fraction of sp³-hybridized carbons (Fsp3) is 0.879. The van der Waals surface area contributed by atoms with E-state index in [9.17, 15) is 39.6 Å². The topological polar surface area (TPSA) is 192 Å². The third-order valence-electron chi connectivity index (χ3n) is 10.4. The van der Waals surface area contributed by atoms with Gasteiger partial charge in [-0.1, -0.05) is 13.8 Å². The lowest BCUT2D eigenvalue weighted by Crippen LogP contribution is -2.47. The first-order valence-electron chi connectivity index (χ1n) is 17.0. The molecule has 0 heterocycles. The van der Waals surface area contributed by atoms with Crippen molar-refractivity contribution in [1.82, 2.24) is 10.6 Å². The molecule has 0 aliphatic heterocycles. The Labute approximate surface area is 266 Å². The van der Waals surface area contributed by atoms with Crippen molar-refractivity contribution in [2.75, 3.05) is 13.2 Å². The first-order chi connectivity index (χ1) is 21.3. The molecule has 4 aliphatic rings. The normalized spacial score (nSPS) is 36.1. The molecule has 0 spiro atoms. The van der Waals surface area contributed by atoms with E-state index in [0.717, 1.165) is 51.4 Å². The van der Waals surface area contributed by atoms with Gasteiger partial charge in [-0.3, -0.25) is 19.2 Å². The number of carboxylic acids is 2. The number of amides is 2. The number of carbonyl (C=O) groups is 4. The molecule has 0 saturated heterocycles. The molecule has 12 heteroatoms. The van der Waals surface area contributed by atoms with Crippen molar-refractivity contribution in [3.05, 3.63) is 0 Å². The highest BCUT2D eigenvalue weighted by molar-refractivity contribution is 5.85. The molecular weight excluding hydrogens is 584 g/mol. The average Bonchev–Trinajstić information content (AvgIpc) is 3.00. The first kappa shape index (κ1) is 35.6. The van der Waals surface area contributed by atoms with Crippen molar-refractivity contribution in [2.24, 2.45) is 29.1 Å². The van der Waals surface area contributed by atoms with Gasteiger partial charge in [-0.05, 0) is 89.9 Å². The zero-order valence-electron chi connectivity index (χ0n) is 26.8. The number of hydrogen-bond acceptors (Lipinski definition) is 8. The van der Waals surface area contributed by atoms with E-state index in [-0.39, 0.29) is 54.4 Å². The summed E-state index contributed by atoms with van der Waals surface area (Å²) in [5.41, 5.74) is -0.190. The molecule has 6 unspecified atom stereocenters. The summed E-state index contributed by atoms with van der Waals surface area (Å²) in [6.45, 7) is 5.33. The summed E-state index contributed by atoms with van der Waals surface area (Å²) in [4.78, 5) is 49.0. The van der Waals surface area contributed by atoms with Gasteiger partial charge in [-0.15, -0.1) is 0 Å². The molecule has 4 saturated carbocycles. The quantitative estimate of drug-likeness (QED) is 0.185. The Balaban J connectivity index is 1.10. The number of ether oxygens (including phenoxy) is 2. The van der Waals surface area contributed by atoms with E-state index in [1.54, 1.807) is 0 Å². The van der Waals surface area contributed by atoms with Crippen LogP contribution in [0.5, 0.6) is 0 Å². The van der Waals surface area contributed by atoms with Crippen LogP contribution in [-0.2, 0) is 28.7 Å². The van der Waals surface area contributed by atoms with Crippen LogP contribution in [0.2, 0.25) is 0 Å². The molecule has 4 fully saturated rings. The second kappa shape index (κ2) is 16.0. The van der Waals surface area contributed by atoms with Gasteiger partial charge in [0.15, 0.2) is 0 Å². The lowest BCUT2D eigenvalue weighted by Gasteiger charge is -2.36. The van der Waals surface area contributed by atoms with Crippen LogP contribution in [0.25, 0.3) is 0 Å². The van der Waals surface area contributed by atoms with Gasteiger partial charge in [0.1, 0.15) is 0 Å². The molecule has 4 aliphatic carbocycles. The number of aliphatic hydroxyl groups excluding tert-OH is 2. The third kappa shape index (κ3) is 10.4. The number of carbonyl (C=O) groups excluding carboxylic acids is 2. The van der Waals surface area contributed by atoms with E-state index in [2.05, 4.69) is 24.5 Å². The second-order valence-electron chi connectivity index (χ2n) is 14.8. The summed E-state index contributed by atoms with van der Waals surface area (Å²) in [6, 6.07) is 0.00752. The maximum atomic E-state index is 12.9. The fourth-order valence-corrected chi connectivity index (χ4v) is 7.56. The lowest BCUT2D eigenvalue weighted by atomic mass is 9.77. The largest absolute Gasteiger partial charge is 0.481 e. The summed E-state index contributed by atoms with van der Waals surface area (Å²) in [5.74, 6) is -5.37. The average molecular weight is 639 g/mol. The van der Waals surface area contributed by atoms with Gasteiger partial charge in [0.2, 0.25) is 11.8 Å². The molecule has 4 rings (SSSR count). The van der Waals surface area contributed by atoms with E-state index in [1.165, 1.54) is 0 Å². The molecular formula is C33H54N2O10. The van der Waals surface area contributed by atoms with Gasteiger partial charge in [-0.25, -0.2) is 0 Å². The van der Waals surface area contributed by atoms with E-state index in [0.29, 0.717) is 38.9 Å². The molecule has 0 aromatic heterocycles. The maximum absolute atomic E-state index is 12.9. The Hall–Kier alpha value is -2.28. The number of aliphatic hydroxyl groups is 2. The first-order valence-corrected chi connectivity index (χ1v) is 17.0. The van der Waals surface area contributed by atoms with Crippen molar-refractivity contribution in [1.29, 1.82) is 0 Å². The number of aliphatic carboxylic acids is 2. The van der Waals surface area contributed by atoms with Crippen molar-refractivity contribution in [3.8, 4) is 0 Å². The fourth-order valence-electron chi connectivity index (χ4n) is 7.56. The SMILES string of the molecule is CC(C)(COC1CCC(NC(=O)C2CCC(O)CC2C(=O)O)CC1)COC1CCC(NC(=O)C2CCC(O)CC2C(=O)O)CC1. The van der Waals surface area contributed by atoms with Crippen molar-refractivity contribution in [2.45, 2.75) is 140 Å². The molecule has 0 aromatic rings. The molecule has 256 valence electrons. The number of rotatable bonds is 12. The minimum Gasteiger partial charge on any atom is -0.481 e. The van der Waals surface area contributed by atoms with Gasteiger partial charge in [0, 0.05) is 17.5 Å². The van der Waals surface area contributed by atoms with Crippen LogP contribution in [0.15, 0.2) is 0 Å². The lowest BCUT2D eigenvalue weighted by molar-refractivity contribution is -0.151. The van der Waals surface area contributed by atoms with Crippen molar-refractivity contribution >= 4 is 23.8 Å². The number of hydrogen-bond donors (Lipinski definition) is 6. The maximum Gasteiger partial charge on any atom is 0.307 e. The highest BCUT2D eigenvalue weighted by Crippen LogP contribution is 2.33. The Kier molecular flexibility index (Phi) is 12.7. The van der Waals surface area contributed by atoms with Gasteiger partial charge in [0.05, 0.1) is 61.3 Å². The van der Waals surface area contributed by atoms with Crippen LogP contribution in [-0.4, -0.2) is 93.9 Å². The highest BCUT2D eigenvalue weighted by Gasteiger charge is 2.41. The van der Waals surface area contributed by atoms with Crippen LogP contribution >= 0.6 is 0 Å². The molecule has 6 atom stereocenters. The van der Waals surface area contributed by atoms with Crippen LogP contribution in [0.3, 0.4) is 0 Å². The summed E-state index contributed by atoms with van der Waals surface area (Å²) >= 11 is 0. The monoisotopic (exact) mass is 638 g/mol. The van der Waals surface area contributed by atoms with E-state index in [1.807, 2.05) is 0 Å². The van der Waals surface area contributed by atoms with Crippen LogP contribution in [0.1, 0.15) is 104 Å². The number of carboxylic acid groups (broad SMARTS) is 2. The molecule has 12 nitrogen and oxygen atoms in total.